The Morgan fingerprint density at radius 2 is 1.67 bits per heavy atom. The zero-order valence-electron chi connectivity index (χ0n) is 10.7. The molecule has 0 heterocycles. The minimum absolute atomic E-state index is 0.0596. The maximum atomic E-state index is 11.6. The first kappa shape index (κ1) is 18.4. The number of carboxylic acids is 1. The molecule has 0 fully saturated rings. The van der Waals surface area contributed by atoms with E-state index in [-0.39, 0.29) is 19.4 Å². The fraction of sp³-hybridized carbons (Fsp3) is 0.385. The number of esters is 1. The van der Waals surface area contributed by atoms with Gasteiger partial charge in [-0.2, -0.15) is 0 Å². The van der Waals surface area contributed by atoms with Crippen molar-refractivity contribution in [3.8, 4) is 0 Å². The van der Waals surface area contributed by atoms with Crippen LogP contribution >= 0.6 is 46.4 Å². The Labute approximate surface area is 141 Å². The molecule has 1 aromatic rings. The van der Waals surface area contributed by atoms with E-state index in [1.165, 1.54) is 0 Å². The quantitative estimate of drug-likeness (QED) is 0.613. The lowest BCUT2D eigenvalue weighted by Gasteiger charge is -2.14. The second-order valence-electron chi connectivity index (χ2n) is 4.28. The van der Waals surface area contributed by atoms with E-state index in [2.05, 4.69) is 0 Å². The van der Waals surface area contributed by atoms with Crippen LogP contribution in [0, 0.1) is 0 Å². The van der Waals surface area contributed by atoms with Crippen molar-refractivity contribution in [3.63, 3.8) is 0 Å². The molecule has 1 rings (SSSR count). The third-order valence-electron chi connectivity index (χ3n) is 2.43. The predicted molar refractivity (Wildman–Crippen MR) is 82.4 cm³/mol. The van der Waals surface area contributed by atoms with Gasteiger partial charge in [-0.15, -0.1) is 11.6 Å². The second kappa shape index (κ2) is 8.08. The highest BCUT2D eigenvalue weighted by Gasteiger charge is 2.25. The molecule has 0 radical (unpaired) electrons. The SMILES string of the molecule is O=C(O)Cc1ccc(CC(Cl)C(=O)OCC(Cl)(Cl)Cl)cc1. The zero-order valence-corrected chi connectivity index (χ0v) is 13.7. The average molecular weight is 374 g/mol. The summed E-state index contributed by atoms with van der Waals surface area (Å²) in [6, 6.07) is 6.74. The van der Waals surface area contributed by atoms with Crippen LogP contribution in [0.1, 0.15) is 11.1 Å². The van der Waals surface area contributed by atoms with Gasteiger partial charge in [0.15, 0.2) is 0 Å². The lowest BCUT2D eigenvalue weighted by Crippen LogP contribution is -2.25. The first-order valence-corrected chi connectivity index (χ1v) is 7.41. The number of aliphatic carboxylic acids is 1. The second-order valence-corrected chi connectivity index (χ2v) is 7.32. The maximum absolute atomic E-state index is 11.6. The normalized spacial score (nSPS) is 12.8. The number of rotatable bonds is 6. The van der Waals surface area contributed by atoms with Crippen molar-refractivity contribution in [1.29, 1.82) is 0 Å². The van der Waals surface area contributed by atoms with Gasteiger partial charge in [0.2, 0.25) is 3.79 Å². The van der Waals surface area contributed by atoms with Crippen LogP contribution in [0.4, 0.5) is 0 Å². The molecule has 1 N–H and O–H groups in total. The van der Waals surface area contributed by atoms with E-state index in [4.69, 9.17) is 56.2 Å². The van der Waals surface area contributed by atoms with Crippen LogP contribution in [0.5, 0.6) is 0 Å². The van der Waals surface area contributed by atoms with E-state index in [9.17, 15) is 9.59 Å². The maximum Gasteiger partial charge on any atom is 0.324 e. The smallest absolute Gasteiger partial charge is 0.324 e. The zero-order chi connectivity index (χ0) is 16.0. The van der Waals surface area contributed by atoms with Crippen molar-refractivity contribution in [2.75, 3.05) is 6.61 Å². The van der Waals surface area contributed by atoms with Crippen LogP contribution in [0.25, 0.3) is 0 Å². The number of halogens is 4. The van der Waals surface area contributed by atoms with Crippen molar-refractivity contribution in [1.82, 2.24) is 0 Å². The number of carboxylic acid groups (broad SMARTS) is 1. The van der Waals surface area contributed by atoms with Gasteiger partial charge in [0, 0.05) is 0 Å². The summed E-state index contributed by atoms with van der Waals surface area (Å²) in [5, 5.41) is 7.75. The third kappa shape index (κ3) is 7.77. The third-order valence-corrected chi connectivity index (χ3v) is 3.09. The summed E-state index contributed by atoms with van der Waals surface area (Å²) in [6.07, 6.45) is 0.170. The lowest BCUT2D eigenvalue weighted by molar-refractivity contribution is -0.143. The highest BCUT2D eigenvalue weighted by molar-refractivity contribution is 6.67. The summed E-state index contributed by atoms with van der Waals surface area (Å²) < 4.78 is 3.10. The van der Waals surface area contributed by atoms with Crippen LogP contribution in [0.3, 0.4) is 0 Å². The van der Waals surface area contributed by atoms with E-state index in [1.54, 1.807) is 24.3 Å². The molecule has 0 saturated heterocycles. The van der Waals surface area contributed by atoms with E-state index < -0.39 is 21.1 Å². The molecule has 0 aromatic heterocycles. The molecule has 1 atom stereocenters. The summed E-state index contributed by atoms with van der Waals surface area (Å²) in [7, 11) is 0. The molecular formula is C13H12Cl4O4. The molecule has 1 unspecified atom stereocenters. The van der Waals surface area contributed by atoms with Gasteiger partial charge in [-0.05, 0) is 17.5 Å². The number of hydrogen-bond acceptors (Lipinski definition) is 3. The minimum atomic E-state index is -1.68. The monoisotopic (exact) mass is 372 g/mol. The van der Waals surface area contributed by atoms with Crippen molar-refractivity contribution >= 4 is 58.3 Å². The molecule has 0 aliphatic carbocycles. The number of ether oxygens (including phenoxy) is 1. The number of alkyl halides is 4. The van der Waals surface area contributed by atoms with Gasteiger partial charge < -0.3 is 9.84 Å². The first-order chi connectivity index (χ1) is 9.67. The number of benzene rings is 1. The summed E-state index contributed by atoms with van der Waals surface area (Å²) in [5.41, 5.74) is 1.44. The molecule has 21 heavy (non-hydrogen) atoms. The standard InChI is InChI=1S/C13H12Cl4O4/c14-10(12(20)21-7-13(15,16)17)5-8-1-3-9(4-2-8)6-11(18)19/h1-4,10H,5-7H2,(H,18,19). The van der Waals surface area contributed by atoms with E-state index in [0.29, 0.717) is 5.56 Å². The molecule has 0 bridgehead atoms. The fourth-order valence-electron chi connectivity index (χ4n) is 1.50. The average Bonchev–Trinajstić information content (AvgIpc) is 2.36. The number of carbonyl (C=O) groups is 2. The molecule has 0 aliphatic heterocycles. The van der Waals surface area contributed by atoms with Crippen molar-refractivity contribution in [3.05, 3.63) is 35.4 Å². The molecule has 0 amide bonds. The topological polar surface area (TPSA) is 63.6 Å². The summed E-state index contributed by atoms with van der Waals surface area (Å²) in [6.45, 7) is -0.378. The molecule has 116 valence electrons. The Balaban J connectivity index is 2.52. The Kier molecular flexibility index (Phi) is 7.07. The fourth-order valence-corrected chi connectivity index (χ4v) is 1.91. The van der Waals surface area contributed by atoms with Crippen molar-refractivity contribution < 1.29 is 19.4 Å². The van der Waals surface area contributed by atoms with Crippen LogP contribution in [0.15, 0.2) is 24.3 Å². The number of carbonyl (C=O) groups excluding carboxylic acids is 1. The van der Waals surface area contributed by atoms with E-state index in [0.717, 1.165) is 5.56 Å². The Bertz CT molecular complexity index is 496. The Hall–Kier alpha value is -0.680. The van der Waals surface area contributed by atoms with Crippen LogP contribution in [0.2, 0.25) is 0 Å². The highest BCUT2D eigenvalue weighted by atomic mass is 35.6. The predicted octanol–water partition coefficient (Wildman–Crippen LogP) is 3.38. The van der Waals surface area contributed by atoms with Gasteiger partial charge in [-0.25, -0.2) is 0 Å². The van der Waals surface area contributed by atoms with Crippen LogP contribution in [-0.4, -0.2) is 32.8 Å². The van der Waals surface area contributed by atoms with Gasteiger partial charge in [0.05, 0.1) is 6.42 Å². The largest absolute Gasteiger partial charge is 0.481 e. The van der Waals surface area contributed by atoms with Crippen LogP contribution in [-0.2, 0) is 27.2 Å². The molecule has 0 spiro atoms. The lowest BCUT2D eigenvalue weighted by atomic mass is 10.1. The van der Waals surface area contributed by atoms with Gasteiger partial charge in [0.1, 0.15) is 12.0 Å². The minimum Gasteiger partial charge on any atom is -0.481 e. The molecule has 8 heteroatoms. The summed E-state index contributed by atoms with van der Waals surface area (Å²) in [4.78, 5) is 22.2. The molecule has 0 saturated carbocycles. The van der Waals surface area contributed by atoms with Gasteiger partial charge in [-0.1, -0.05) is 59.1 Å². The van der Waals surface area contributed by atoms with Gasteiger partial charge in [-0.3, -0.25) is 9.59 Å². The number of hydrogen-bond donors (Lipinski definition) is 1. The molecule has 0 aliphatic rings. The molecule has 4 nitrogen and oxygen atoms in total. The highest BCUT2D eigenvalue weighted by Crippen LogP contribution is 2.26. The van der Waals surface area contributed by atoms with E-state index in [1.807, 2.05) is 0 Å². The summed E-state index contributed by atoms with van der Waals surface area (Å²) in [5.74, 6) is -1.59. The Morgan fingerprint density at radius 3 is 2.14 bits per heavy atom. The summed E-state index contributed by atoms with van der Waals surface area (Å²) >= 11 is 22.3. The van der Waals surface area contributed by atoms with Gasteiger partial charge >= 0.3 is 11.9 Å². The first-order valence-electron chi connectivity index (χ1n) is 5.84. The van der Waals surface area contributed by atoms with E-state index >= 15 is 0 Å². The van der Waals surface area contributed by atoms with Crippen molar-refractivity contribution in [2.24, 2.45) is 0 Å². The Morgan fingerprint density at radius 1 is 1.14 bits per heavy atom. The molecule has 1 aromatic carbocycles. The van der Waals surface area contributed by atoms with Crippen molar-refractivity contribution in [2.45, 2.75) is 22.0 Å². The van der Waals surface area contributed by atoms with Gasteiger partial charge in [0.25, 0.3) is 0 Å². The molecular weight excluding hydrogens is 362 g/mol. The van der Waals surface area contributed by atoms with Crippen LogP contribution < -0.4 is 0 Å².